The van der Waals surface area contributed by atoms with Crippen molar-refractivity contribution in [2.24, 2.45) is 0 Å². The summed E-state index contributed by atoms with van der Waals surface area (Å²) in [5, 5.41) is 3.79. The molecule has 25 heavy (non-hydrogen) atoms. The lowest BCUT2D eigenvalue weighted by Crippen LogP contribution is -2.42. The number of benzene rings is 1. The number of morpholine rings is 1. The van der Waals surface area contributed by atoms with Crippen LogP contribution in [0, 0.1) is 0 Å². The predicted molar refractivity (Wildman–Crippen MR) is 99.4 cm³/mol. The van der Waals surface area contributed by atoms with Crippen molar-refractivity contribution in [3.8, 4) is 0 Å². The van der Waals surface area contributed by atoms with E-state index in [1.54, 1.807) is 18.2 Å². The third kappa shape index (κ3) is 6.47. The van der Waals surface area contributed by atoms with E-state index in [-0.39, 0.29) is 24.8 Å². The topological polar surface area (TPSA) is 61.9 Å². The Morgan fingerprint density at radius 2 is 2.00 bits per heavy atom. The van der Waals surface area contributed by atoms with Gasteiger partial charge in [0.1, 0.15) is 0 Å². The minimum Gasteiger partial charge on any atom is -0.379 e. The molecule has 138 valence electrons. The summed E-state index contributed by atoms with van der Waals surface area (Å²) in [6.07, 6.45) is 0.200. The van der Waals surface area contributed by atoms with Crippen molar-refractivity contribution in [3.63, 3.8) is 0 Å². The van der Waals surface area contributed by atoms with E-state index in [0.29, 0.717) is 22.3 Å². The van der Waals surface area contributed by atoms with Crippen LogP contribution in [0.25, 0.3) is 0 Å². The van der Waals surface area contributed by atoms with Crippen molar-refractivity contribution in [1.82, 2.24) is 10.2 Å². The maximum absolute atomic E-state index is 12.0. The molecule has 0 atom stereocenters. The van der Waals surface area contributed by atoms with Gasteiger partial charge >= 0.3 is 0 Å². The van der Waals surface area contributed by atoms with Crippen molar-refractivity contribution in [2.45, 2.75) is 13.3 Å². The first-order valence-electron chi connectivity index (χ1n) is 8.27. The van der Waals surface area contributed by atoms with Gasteiger partial charge in [-0.25, -0.2) is 0 Å². The number of hydrogen-bond donors (Lipinski definition) is 1. The van der Waals surface area contributed by atoms with Crippen molar-refractivity contribution < 1.29 is 14.3 Å². The molecule has 2 rings (SSSR count). The van der Waals surface area contributed by atoms with Crippen LogP contribution in [0.15, 0.2) is 18.2 Å². The predicted octanol–water partition coefficient (Wildman–Crippen LogP) is 2.18. The van der Waals surface area contributed by atoms with Crippen LogP contribution in [-0.4, -0.2) is 62.7 Å². The molecule has 1 N–H and O–H groups in total. The Kier molecular flexibility index (Phi) is 7.96. The van der Waals surface area contributed by atoms with E-state index in [1.165, 1.54) is 11.8 Å². The Balaban J connectivity index is 1.81. The van der Waals surface area contributed by atoms with Crippen LogP contribution in [0.2, 0.25) is 10.0 Å². The molecule has 0 aliphatic carbocycles. The van der Waals surface area contributed by atoms with Crippen LogP contribution in [0.3, 0.4) is 0 Å². The maximum Gasteiger partial charge on any atom is 0.223 e. The highest BCUT2D eigenvalue weighted by molar-refractivity contribution is 6.35. The van der Waals surface area contributed by atoms with Gasteiger partial charge in [-0.3, -0.25) is 14.5 Å². The fourth-order valence-electron chi connectivity index (χ4n) is 2.62. The summed E-state index contributed by atoms with van der Waals surface area (Å²) >= 11 is 12.1. The lowest BCUT2D eigenvalue weighted by molar-refractivity contribution is -0.121. The van der Waals surface area contributed by atoms with E-state index >= 15 is 0 Å². The van der Waals surface area contributed by atoms with Crippen LogP contribution >= 0.6 is 23.2 Å². The van der Waals surface area contributed by atoms with Gasteiger partial charge in [-0.15, -0.1) is 0 Å². The highest BCUT2D eigenvalue weighted by Gasteiger charge is 2.17. The number of nitrogens with zero attached hydrogens (tertiary/aromatic N) is 2. The zero-order valence-electron chi connectivity index (χ0n) is 14.3. The zero-order chi connectivity index (χ0) is 18.2. The molecule has 8 heteroatoms. The molecular formula is C17H23Cl2N3O3. The standard InChI is InChI=1S/C17H23Cl2N3O3/c1-13(23)22(16-12-14(18)2-3-15(16)19)6-4-17(24)20-5-7-21-8-10-25-11-9-21/h2-3,12H,4-11H2,1H3,(H,20,24). The van der Waals surface area contributed by atoms with E-state index < -0.39 is 0 Å². The second kappa shape index (κ2) is 9.97. The van der Waals surface area contributed by atoms with Gasteiger partial charge < -0.3 is 15.0 Å². The van der Waals surface area contributed by atoms with Gasteiger partial charge in [0.25, 0.3) is 0 Å². The summed E-state index contributed by atoms with van der Waals surface area (Å²) < 4.78 is 5.29. The zero-order valence-corrected chi connectivity index (χ0v) is 15.8. The van der Waals surface area contributed by atoms with Gasteiger partial charge in [-0.1, -0.05) is 23.2 Å². The Labute approximate surface area is 158 Å². The number of halogens is 2. The third-order valence-electron chi connectivity index (χ3n) is 4.00. The summed E-state index contributed by atoms with van der Waals surface area (Å²) in [5.41, 5.74) is 0.516. The Morgan fingerprint density at radius 1 is 1.28 bits per heavy atom. The highest BCUT2D eigenvalue weighted by Crippen LogP contribution is 2.29. The van der Waals surface area contributed by atoms with Crippen LogP contribution in [0.1, 0.15) is 13.3 Å². The van der Waals surface area contributed by atoms with E-state index in [1.807, 2.05) is 0 Å². The number of ether oxygens (including phenoxy) is 1. The molecule has 0 saturated carbocycles. The molecule has 0 aromatic heterocycles. The van der Waals surface area contributed by atoms with Gasteiger partial charge in [0, 0.05) is 51.1 Å². The number of rotatable bonds is 7. The highest BCUT2D eigenvalue weighted by atomic mass is 35.5. The van der Waals surface area contributed by atoms with Gasteiger partial charge in [0.2, 0.25) is 11.8 Å². The van der Waals surface area contributed by atoms with E-state index in [2.05, 4.69) is 10.2 Å². The Hall–Kier alpha value is -1.34. The van der Waals surface area contributed by atoms with Gasteiger partial charge in [-0.05, 0) is 18.2 Å². The molecule has 0 bridgehead atoms. The molecule has 1 aromatic rings. The molecule has 1 aliphatic heterocycles. The van der Waals surface area contributed by atoms with Gasteiger partial charge in [0.05, 0.1) is 23.9 Å². The second-order valence-electron chi connectivity index (χ2n) is 5.82. The number of hydrogen-bond acceptors (Lipinski definition) is 4. The number of amides is 2. The summed E-state index contributed by atoms with van der Waals surface area (Å²) in [4.78, 5) is 27.7. The first kappa shape index (κ1) is 20.0. The summed E-state index contributed by atoms with van der Waals surface area (Å²) in [5.74, 6) is -0.289. The molecule has 1 saturated heterocycles. The van der Waals surface area contributed by atoms with E-state index in [4.69, 9.17) is 27.9 Å². The lowest BCUT2D eigenvalue weighted by atomic mass is 10.2. The number of carbonyl (C=O) groups excluding carboxylic acids is 2. The molecule has 1 aliphatic rings. The average molecular weight is 388 g/mol. The maximum atomic E-state index is 12.0. The summed E-state index contributed by atoms with van der Waals surface area (Å²) in [6.45, 7) is 6.32. The van der Waals surface area contributed by atoms with Crippen LogP contribution < -0.4 is 10.2 Å². The fraction of sp³-hybridized carbons (Fsp3) is 0.529. The first-order chi connectivity index (χ1) is 12.0. The number of nitrogens with one attached hydrogen (secondary N) is 1. The van der Waals surface area contributed by atoms with Gasteiger partial charge in [0.15, 0.2) is 0 Å². The summed E-state index contributed by atoms with van der Waals surface area (Å²) in [7, 11) is 0. The Morgan fingerprint density at radius 3 is 2.68 bits per heavy atom. The minimum atomic E-state index is -0.190. The van der Waals surface area contributed by atoms with E-state index in [0.717, 1.165) is 32.8 Å². The number of anilines is 1. The van der Waals surface area contributed by atoms with E-state index in [9.17, 15) is 9.59 Å². The molecule has 0 spiro atoms. The molecule has 6 nitrogen and oxygen atoms in total. The lowest BCUT2D eigenvalue weighted by Gasteiger charge is -2.26. The molecule has 0 unspecified atom stereocenters. The van der Waals surface area contributed by atoms with Crippen LogP contribution in [0.4, 0.5) is 5.69 Å². The molecule has 1 heterocycles. The second-order valence-corrected chi connectivity index (χ2v) is 6.66. The van der Waals surface area contributed by atoms with Crippen molar-refractivity contribution in [1.29, 1.82) is 0 Å². The van der Waals surface area contributed by atoms with Crippen molar-refractivity contribution in [3.05, 3.63) is 28.2 Å². The normalized spacial score (nSPS) is 15.0. The fourth-order valence-corrected chi connectivity index (χ4v) is 3.01. The Bertz CT molecular complexity index is 607. The van der Waals surface area contributed by atoms with Crippen LogP contribution in [0.5, 0.6) is 0 Å². The first-order valence-corrected chi connectivity index (χ1v) is 9.03. The third-order valence-corrected chi connectivity index (χ3v) is 4.55. The van der Waals surface area contributed by atoms with Crippen molar-refractivity contribution in [2.75, 3.05) is 50.8 Å². The largest absolute Gasteiger partial charge is 0.379 e. The molecule has 0 radical (unpaired) electrons. The van der Waals surface area contributed by atoms with Gasteiger partial charge in [-0.2, -0.15) is 0 Å². The monoisotopic (exact) mass is 387 g/mol. The van der Waals surface area contributed by atoms with Crippen molar-refractivity contribution >= 4 is 40.7 Å². The molecule has 1 fully saturated rings. The minimum absolute atomic E-state index is 0.0994. The molecule has 2 amide bonds. The average Bonchev–Trinajstić information content (AvgIpc) is 2.58. The van der Waals surface area contributed by atoms with Crippen LogP contribution in [-0.2, 0) is 14.3 Å². The SMILES string of the molecule is CC(=O)N(CCC(=O)NCCN1CCOCC1)c1cc(Cl)ccc1Cl. The summed E-state index contributed by atoms with van der Waals surface area (Å²) in [6, 6.07) is 4.92. The molecule has 1 aromatic carbocycles. The smallest absolute Gasteiger partial charge is 0.223 e. The quantitative estimate of drug-likeness (QED) is 0.778. The molecular weight excluding hydrogens is 365 g/mol. The number of carbonyl (C=O) groups is 2.